The van der Waals surface area contributed by atoms with E-state index in [2.05, 4.69) is 41.0 Å². The summed E-state index contributed by atoms with van der Waals surface area (Å²) in [5.41, 5.74) is 1.82. The summed E-state index contributed by atoms with van der Waals surface area (Å²) in [6, 6.07) is 14.3. The summed E-state index contributed by atoms with van der Waals surface area (Å²) in [5, 5.41) is 3.31. The number of hydrogen-bond acceptors (Lipinski definition) is 8. The first kappa shape index (κ1) is 24.8. The lowest BCUT2D eigenvalue weighted by Crippen LogP contribution is -2.37. The van der Waals surface area contributed by atoms with Crippen molar-refractivity contribution in [2.24, 2.45) is 0 Å². The Morgan fingerprint density at radius 2 is 1.68 bits per heavy atom. The minimum absolute atomic E-state index is 0.236. The third kappa shape index (κ3) is 6.37. The molecule has 0 bridgehead atoms. The van der Waals surface area contributed by atoms with E-state index >= 15 is 0 Å². The summed E-state index contributed by atoms with van der Waals surface area (Å²) in [6.45, 7) is 7.05. The van der Waals surface area contributed by atoms with Crippen LogP contribution in [0.15, 0.2) is 61.1 Å². The van der Waals surface area contributed by atoms with Crippen LogP contribution >= 0.6 is 0 Å². The highest BCUT2D eigenvalue weighted by atomic mass is 16.5. The molecule has 8 nitrogen and oxygen atoms in total. The Morgan fingerprint density at radius 3 is 2.26 bits per heavy atom. The molecule has 0 saturated carbocycles. The van der Waals surface area contributed by atoms with Gasteiger partial charge < -0.3 is 24.4 Å². The highest BCUT2D eigenvalue weighted by Crippen LogP contribution is 2.29. The molecule has 1 heterocycles. The topological polar surface area (TPSA) is 85.8 Å². The highest BCUT2D eigenvalue weighted by Gasteiger charge is 2.25. The smallest absolute Gasteiger partial charge is 0.334 e. The van der Waals surface area contributed by atoms with Crippen molar-refractivity contribution in [3.63, 3.8) is 0 Å². The zero-order valence-electron chi connectivity index (χ0n) is 20.3. The second kappa shape index (κ2) is 11.9. The van der Waals surface area contributed by atoms with Gasteiger partial charge in [-0.1, -0.05) is 30.3 Å². The molecule has 0 aliphatic carbocycles. The summed E-state index contributed by atoms with van der Waals surface area (Å²) >= 11 is 0. The molecule has 0 spiro atoms. The van der Waals surface area contributed by atoms with E-state index in [9.17, 15) is 4.79 Å². The second-order valence-electron chi connectivity index (χ2n) is 7.99. The molecule has 3 rings (SSSR count). The van der Waals surface area contributed by atoms with Gasteiger partial charge in [0.25, 0.3) is 0 Å². The molecule has 1 aromatic heterocycles. The van der Waals surface area contributed by atoms with Crippen LogP contribution in [0, 0.1) is 0 Å². The number of aromatic nitrogens is 2. The fourth-order valence-corrected chi connectivity index (χ4v) is 3.69. The zero-order chi connectivity index (χ0) is 24.5. The largest absolute Gasteiger partial charge is 0.496 e. The number of nitrogens with zero attached hydrogens (tertiary/aromatic N) is 3. The molecule has 0 aliphatic heterocycles. The molecule has 8 heteroatoms. The van der Waals surface area contributed by atoms with E-state index in [1.54, 1.807) is 38.6 Å². The zero-order valence-corrected chi connectivity index (χ0v) is 20.3. The first-order valence-electron chi connectivity index (χ1n) is 11.3. The van der Waals surface area contributed by atoms with Crippen LogP contribution in [0.1, 0.15) is 26.3 Å². The van der Waals surface area contributed by atoms with Gasteiger partial charge in [0.2, 0.25) is 0 Å². The van der Waals surface area contributed by atoms with Crippen LogP contribution in [-0.4, -0.2) is 48.8 Å². The molecule has 0 unspecified atom stereocenters. The van der Waals surface area contributed by atoms with Crippen molar-refractivity contribution >= 4 is 17.5 Å². The maximum Gasteiger partial charge on any atom is 0.334 e. The van der Waals surface area contributed by atoms with E-state index < -0.39 is 12.0 Å². The number of anilines is 2. The highest BCUT2D eigenvalue weighted by molar-refractivity contribution is 5.83. The monoisotopic (exact) mass is 464 g/mol. The van der Waals surface area contributed by atoms with Crippen molar-refractivity contribution in [1.82, 2.24) is 9.97 Å². The van der Waals surface area contributed by atoms with Crippen LogP contribution in [0.25, 0.3) is 0 Å². The number of hydrogen-bond donors (Lipinski definition) is 1. The molecule has 34 heavy (non-hydrogen) atoms. The van der Waals surface area contributed by atoms with Crippen molar-refractivity contribution < 1.29 is 19.0 Å². The molecule has 1 N–H and O–H groups in total. The Labute approximate surface area is 200 Å². The fraction of sp³-hybridized carbons (Fsp3) is 0.346. The quantitative estimate of drug-likeness (QED) is 0.331. The van der Waals surface area contributed by atoms with Crippen molar-refractivity contribution in [3.8, 4) is 17.2 Å². The standard InChI is InChI=1S/C26H32N4O4/c1-6-30(18(2)3)24-16-27-17-28-25(24)29-23(12-19-10-8-7-9-11-19)26(31)34-22-14-20(32-4)13-21(15-22)33-5/h7-11,13-18,23H,6,12H2,1-5H3,(H,27,28,29)/t23-/m0/s1. The summed E-state index contributed by atoms with van der Waals surface area (Å²) < 4.78 is 16.4. The van der Waals surface area contributed by atoms with E-state index in [0.29, 0.717) is 29.5 Å². The fourth-order valence-electron chi connectivity index (χ4n) is 3.69. The first-order chi connectivity index (χ1) is 16.4. The average Bonchev–Trinajstić information content (AvgIpc) is 2.85. The molecule has 0 radical (unpaired) electrons. The maximum absolute atomic E-state index is 13.4. The number of nitrogens with one attached hydrogen (secondary N) is 1. The Morgan fingerprint density at radius 1 is 1.03 bits per heavy atom. The van der Waals surface area contributed by atoms with Gasteiger partial charge in [0.15, 0.2) is 5.82 Å². The van der Waals surface area contributed by atoms with Crippen LogP contribution in [0.2, 0.25) is 0 Å². The van der Waals surface area contributed by atoms with Crippen LogP contribution in [0.4, 0.5) is 11.5 Å². The molecule has 180 valence electrons. The lowest BCUT2D eigenvalue weighted by Gasteiger charge is -2.29. The van der Waals surface area contributed by atoms with Crippen LogP contribution in [0.5, 0.6) is 17.2 Å². The number of carbonyl (C=O) groups is 1. The second-order valence-corrected chi connectivity index (χ2v) is 7.99. The van der Waals surface area contributed by atoms with Gasteiger partial charge in [-0.05, 0) is 26.3 Å². The third-order valence-corrected chi connectivity index (χ3v) is 5.39. The summed E-state index contributed by atoms with van der Waals surface area (Å²) in [6.07, 6.45) is 3.65. The number of methoxy groups -OCH3 is 2. The number of benzene rings is 2. The van der Waals surface area contributed by atoms with E-state index in [1.807, 2.05) is 30.3 Å². The molecular formula is C26H32N4O4. The van der Waals surface area contributed by atoms with E-state index in [-0.39, 0.29) is 6.04 Å². The van der Waals surface area contributed by atoms with E-state index in [1.165, 1.54) is 6.33 Å². The summed E-state index contributed by atoms with van der Waals surface area (Å²) in [4.78, 5) is 24.2. The Hall–Kier alpha value is -3.81. The average molecular weight is 465 g/mol. The van der Waals surface area contributed by atoms with E-state index in [4.69, 9.17) is 14.2 Å². The van der Waals surface area contributed by atoms with Gasteiger partial charge in [-0.2, -0.15) is 0 Å². The molecule has 0 amide bonds. The van der Waals surface area contributed by atoms with E-state index in [0.717, 1.165) is 17.8 Å². The SMILES string of the molecule is CCN(c1cncnc1N[C@@H](Cc1ccccc1)C(=O)Oc1cc(OC)cc(OC)c1)C(C)C. The summed E-state index contributed by atoms with van der Waals surface area (Å²) in [5.74, 6) is 1.52. The number of esters is 1. The van der Waals surface area contributed by atoms with Gasteiger partial charge >= 0.3 is 5.97 Å². The predicted molar refractivity (Wildman–Crippen MR) is 133 cm³/mol. The third-order valence-electron chi connectivity index (χ3n) is 5.39. The lowest BCUT2D eigenvalue weighted by molar-refractivity contribution is -0.135. The van der Waals surface area contributed by atoms with Crippen LogP contribution in [-0.2, 0) is 11.2 Å². The van der Waals surface area contributed by atoms with Crippen LogP contribution < -0.4 is 24.4 Å². The first-order valence-corrected chi connectivity index (χ1v) is 11.3. The number of carbonyl (C=O) groups excluding carboxylic acids is 1. The maximum atomic E-state index is 13.4. The number of rotatable bonds is 11. The normalized spacial score (nSPS) is 11.6. The van der Waals surface area contributed by atoms with Gasteiger partial charge in [-0.25, -0.2) is 14.8 Å². The molecule has 1 atom stereocenters. The van der Waals surface area contributed by atoms with Crippen LogP contribution in [0.3, 0.4) is 0 Å². The Kier molecular flexibility index (Phi) is 8.67. The van der Waals surface area contributed by atoms with Crippen molar-refractivity contribution in [3.05, 3.63) is 66.6 Å². The van der Waals surface area contributed by atoms with Gasteiger partial charge in [0, 0.05) is 37.2 Å². The molecule has 3 aromatic rings. The van der Waals surface area contributed by atoms with Gasteiger partial charge in [0.1, 0.15) is 29.6 Å². The molecule has 0 fully saturated rings. The van der Waals surface area contributed by atoms with Gasteiger partial charge in [-0.3, -0.25) is 0 Å². The predicted octanol–water partition coefficient (Wildman–Crippen LogP) is 4.36. The van der Waals surface area contributed by atoms with Crippen molar-refractivity contribution in [2.45, 2.75) is 39.3 Å². The van der Waals surface area contributed by atoms with Crippen molar-refractivity contribution in [2.75, 3.05) is 31.0 Å². The Balaban J connectivity index is 1.92. The number of ether oxygens (including phenoxy) is 3. The van der Waals surface area contributed by atoms with Crippen molar-refractivity contribution in [1.29, 1.82) is 0 Å². The Bertz CT molecular complexity index is 1050. The van der Waals surface area contributed by atoms with Gasteiger partial charge in [-0.15, -0.1) is 0 Å². The lowest BCUT2D eigenvalue weighted by atomic mass is 10.1. The molecular weight excluding hydrogens is 432 g/mol. The minimum Gasteiger partial charge on any atom is -0.496 e. The molecule has 0 saturated heterocycles. The minimum atomic E-state index is -0.695. The summed E-state index contributed by atoms with van der Waals surface area (Å²) in [7, 11) is 3.09. The van der Waals surface area contributed by atoms with Gasteiger partial charge in [0.05, 0.1) is 26.1 Å². The molecule has 2 aromatic carbocycles. The molecule has 0 aliphatic rings.